The number of nitrogens with zero attached hydrogens (tertiary/aromatic N) is 2. The van der Waals surface area contributed by atoms with Crippen LogP contribution < -0.4 is 5.32 Å². The van der Waals surface area contributed by atoms with E-state index >= 15 is 0 Å². The molecule has 1 atom stereocenters. The molecule has 1 fully saturated rings. The number of pyridine rings is 1. The normalized spacial score (nSPS) is 16.9. The predicted octanol–water partition coefficient (Wildman–Crippen LogP) is 3.28. The van der Waals surface area contributed by atoms with E-state index < -0.39 is 5.60 Å². The zero-order valence-electron chi connectivity index (χ0n) is 15.4. The minimum Gasteiger partial charge on any atom is -0.444 e. The van der Waals surface area contributed by atoms with Crippen molar-refractivity contribution in [2.24, 2.45) is 0 Å². The van der Waals surface area contributed by atoms with Gasteiger partial charge in [0.05, 0.1) is 0 Å². The molecule has 0 aliphatic carbocycles. The van der Waals surface area contributed by atoms with Crippen molar-refractivity contribution in [2.75, 3.05) is 13.1 Å². The molecule has 1 N–H and O–H groups in total. The molecule has 1 aromatic heterocycles. The second kappa shape index (κ2) is 6.48. The smallest absolute Gasteiger partial charge is 0.410 e. The third-order valence-electron chi connectivity index (χ3n) is 4.04. The average Bonchev–Trinajstić information content (AvgIpc) is 2.29. The molecule has 2 heterocycles. The topological polar surface area (TPSA) is 54.5 Å². The van der Waals surface area contributed by atoms with Gasteiger partial charge in [0.1, 0.15) is 5.60 Å². The Morgan fingerprint density at radius 2 is 1.96 bits per heavy atom. The maximum atomic E-state index is 12.0. The molecule has 2 rings (SSSR count). The number of hydrogen-bond acceptors (Lipinski definition) is 4. The van der Waals surface area contributed by atoms with Crippen molar-refractivity contribution in [3.05, 3.63) is 28.6 Å². The van der Waals surface area contributed by atoms with Crippen LogP contribution in [0.1, 0.15) is 56.3 Å². The average molecular weight is 319 g/mol. The predicted molar refractivity (Wildman–Crippen MR) is 91.6 cm³/mol. The number of rotatable bonds is 3. The molecule has 5 nitrogen and oxygen atoms in total. The summed E-state index contributed by atoms with van der Waals surface area (Å²) in [4.78, 5) is 18.3. The second-order valence-electron chi connectivity index (χ2n) is 7.55. The number of ether oxygens (including phenoxy) is 1. The molecule has 23 heavy (non-hydrogen) atoms. The van der Waals surface area contributed by atoms with E-state index in [0.717, 1.165) is 11.4 Å². The van der Waals surface area contributed by atoms with Crippen LogP contribution in [0.3, 0.4) is 0 Å². The molecular weight excluding hydrogens is 290 g/mol. The van der Waals surface area contributed by atoms with Crippen molar-refractivity contribution in [2.45, 2.75) is 66.2 Å². The minimum atomic E-state index is -0.440. The summed E-state index contributed by atoms with van der Waals surface area (Å²) >= 11 is 0. The molecule has 0 saturated carbocycles. The fourth-order valence-electron chi connectivity index (χ4n) is 3.18. The molecule has 5 heteroatoms. The maximum absolute atomic E-state index is 12.0. The van der Waals surface area contributed by atoms with Crippen molar-refractivity contribution >= 4 is 6.09 Å². The van der Waals surface area contributed by atoms with Crippen molar-refractivity contribution in [1.82, 2.24) is 15.2 Å². The van der Waals surface area contributed by atoms with Gasteiger partial charge in [-0.05, 0) is 65.7 Å². The van der Waals surface area contributed by atoms with E-state index in [2.05, 4.69) is 37.1 Å². The van der Waals surface area contributed by atoms with Crippen molar-refractivity contribution < 1.29 is 9.53 Å². The van der Waals surface area contributed by atoms with Gasteiger partial charge in [0.15, 0.2) is 0 Å². The van der Waals surface area contributed by atoms with E-state index in [9.17, 15) is 4.79 Å². The summed E-state index contributed by atoms with van der Waals surface area (Å²) in [7, 11) is 0. The molecule has 0 spiro atoms. The molecule has 0 bridgehead atoms. The fraction of sp³-hybridized carbons (Fsp3) is 0.667. The van der Waals surface area contributed by atoms with Gasteiger partial charge in [-0.25, -0.2) is 4.79 Å². The lowest BCUT2D eigenvalue weighted by Gasteiger charge is -2.41. The summed E-state index contributed by atoms with van der Waals surface area (Å²) in [5.41, 5.74) is 4.20. The van der Waals surface area contributed by atoms with Crippen LogP contribution in [0.15, 0.2) is 6.07 Å². The first-order valence-corrected chi connectivity index (χ1v) is 8.25. The quantitative estimate of drug-likeness (QED) is 0.929. The summed E-state index contributed by atoms with van der Waals surface area (Å²) < 4.78 is 5.38. The number of likely N-dealkylation sites (tertiary alicyclic amines) is 1. The molecule has 1 saturated heterocycles. The molecule has 1 amide bonds. The van der Waals surface area contributed by atoms with Crippen LogP contribution in [0.25, 0.3) is 0 Å². The van der Waals surface area contributed by atoms with Crippen LogP contribution >= 0.6 is 0 Å². The summed E-state index contributed by atoms with van der Waals surface area (Å²) in [6, 6.07) is 2.64. The van der Waals surface area contributed by atoms with Gasteiger partial charge in [-0.2, -0.15) is 0 Å². The lowest BCUT2D eigenvalue weighted by molar-refractivity contribution is 0.00431. The van der Waals surface area contributed by atoms with Crippen LogP contribution in [-0.4, -0.2) is 40.7 Å². The van der Waals surface area contributed by atoms with Gasteiger partial charge in [-0.3, -0.25) is 4.98 Å². The number of aryl methyl sites for hydroxylation is 3. The van der Waals surface area contributed by atoms with Crippen molar-refractivity contribution in [1.29, 1.82) is 0 Å². The largest absolute Gasteiger partial charge is 0.444 e. The highest BCUT2D eigenvalue weighted by Crippen LogP contribution is 2.23. The van der Waals surface area contributed by atoms with Gasteiger partial charge in [0, 0.05) is 36.6 Å². The number of carbonyl (C=O) groups excluding carboxylic acids is 1. The van der Waals surface area contributed by atoms with E-state index in [1.54, 1.807) is 4.90 Å². The zero-order chi connectivity index (χ0) is 17.4. The molecular formula is C18H29N3O2. The van der Waals surface area contributed by atoms with Crippen LogP contribution in [0.2, 0.25) is 0 Å². The van der Waals surface area contributed by atoms with Crippen LogP contribution in [0.4, 0.5) is 4.79 Å². The maximum Gasteiger partial charge on any atom is 0.410 e. The fourth-order valence-corrected chi connectivity index (χ4v) is 3.18. The Kier molecular flexibility index (Phi) is 4.99. The van der Waals surface area contributed by atoms with E-state index in [4.69, 9.17) is 4.74 Å². The summed E-state index contributed by atoms with van der Waals surface area (Å²) in [5, 5.41) is 3.59. The van der Waals surface area contributed by atoms with E-state index in [1.807, 2.05) is 27.7 Å². The van der Waals surface area contributed by atoms with Crippen LogP contribution in [0.5, 0.6) is 0 Å². The van der Waals surface area contributed by atoms with Gasteiger partial charge >= 0.3 is 6.09 Å². The number of amides is 1. The Morgan fingerprint density at radius 1 is 1.35 bits per heavy atom. The van der Waals surface area contributed by atoms with Gasteiger partial charge in [-0.1, -0.05) is 0 Å². The van der Waals surface area contributed by atoms with E-state index in [1.165, 1.54) is 11.1 Å². The molecule has 0 radical (unpaired) electrons. The van der Waals surface area contributed by atoms with E-state index in [0.29, 0.717) is 19.1 Å². The SMILES string of the molecule is Cc1cc(C)c(C(C)NC2CN(C(=O)OC(C)(C)C)C2)c(C)n1. The Balaban J connectivity index is 1.90. The van der Waals surface area contributed by atoms with Gasteiger partial charge in [0.2, 0.25) is 0 Å². The number of hydrogen-bond donors (Lipinski definition) is 1. The highest BCUT2D eigenvalue weighted by Gasteiger charge is 2.34. The van der Waals surface area contributed by atoms with Gasteiger partial charge in [-0.15, -0.1) is 0 Å². The minimum absolute atomic E-state index is 0.217. The lowest BCUT2D eigenvalue weighted by Crippen LogP contribution is -2.60. The highest BCUT2D eigenvalue weighted by molar-refractivity contribution is 5.69. The number of nitrogens with one attached hydrogen (secondary N) is 1. The van der Waals surface area contributed by atoms with Gasteiger partial charge < -0.3 is 15.0 Å². The Morgan fingerprint density at radius 3 is 2.48 bits per heavy atom. The first-order chi connectivity index (χ1) is 10.6. The Labute approximate surface area is 139 Å². The van der Waals surface area contributed by atoms with Crippen molar-refractivity contribution in [3.63, 3.8) is 0 Å². The standard InChI is InChI=1S/C18H29N3O2/c1-11-8-12(2)19-13(3)16(11)14(4)20-15-9-21(10-15)17(22)23-18(5,6)7/h8,14-15,20H,9-10H2,1-7H3. The van der Waals surface area contributed by atoms with Crippen LogP contribution in [-0.2, 0) is 4.74 Å². The third-order valence-corrected chi connectivity index (χ3v) is 4.04. The first-order valence-electron chi connectivity index (χ1n) is 8.25. The summed E-state index contributed by atoms with van der Waals surface area (Å²) in [5.74, 6) is 0. The lowest BCUT2D eigenvalue weighted by atomic mass is 9.98. The van der Waals surface area contributed by atoms with Crippen molar-refractivity contribution in [3.8, 4) is 0 Å². The van der Waals surface area contributed by atoms with Gasteiger partial charge in [0.25, 0.3) is 0 Å². The molecule has 1 aliphatic heterocycles. The van der Waals surface area contributed by atoms with E-state index in [-0.39, 0.29) is 12.1 Å². The Hall–Kier alpha value is -1.62. The number of aromatic nitrogens is 1. The zero-order valence-corrected chi connectivity index (χ0v) is 15.4. The summed E-state index contributed by atoms with van der Waals surface area (Å²) in [6.45, 7) is 15.4. The molecule has 1 aliphatic rings. The number of carbonyl (C=O) groups is 1. The monoisotopic (exact) mass is 319 g/mol. The molecule has 128 valence electrons. The Bertz CT molecular complexity index is 563. The second-order valence-corrected chi connectivity index (χ2v) is 7.55. The molecule has 0 aromatic carbocycles. The third kappa shape index (κ3) is 4.44. The van der Waals surface area contributed by atoms with Crippen LogP contribution in [0, 0.1) is 20.8 Å². The first kappa shape index (κ1) is 17.7. The highest BCUT2D eigenvalue weighted by atomic mass is 16.6. The molecule has 1 unspecified atom stereocenters. The molecule has 1 aromatic rings. The summed E-state index contributed by atoms with van der Waals surface area (Å²) in [6.07, 6.45) is -0.229.